The molecule has 0 heterocycles. The summed E-state index contributed by atoms with van der Waals surface area (Å²) >= 11 is 0. The summed E-state index contributed by atoms with van der Waals surface area (Å²) in [6, 6.07) is 2.70. The summed E-state index contributed by atoms with van der Waals surface area (Å²) in [6.45, 7) is 3.54. The molecule has 0 aliphatic rings. The van der Waals surface area contributed by atoms with Crippen LogP contribution in [0.15, 0.2) is 12.1 Å². The zero-order valence-corrected chi connectivity index (χ0v) is 9.46. The topological polar surface area (TPSA) is 63.3 Å². The summed E-state index contributed by atoms with van der Waals surface area (Å²) in [5.74, 6) is -1.19. The minimum Gasteiger partial charge on any atom is -0.481 e. The Morgan fingerprint density at radius 2 is 2.06 bits per heavy atom. The van der Waals surface area contributed by atoms with Crippen LogP contribution < -0.4 is 5.73 Å². The first-order chi connectivity index (χ1) is 7.41. The van der Waals surface area contributed by atoms with Crippen LogP contribution in [-0.4, -0.2) is 11.1 Å². The second-order valence-corrected chi connectivity index (χ2v) is 4.00. The minimum atomic E-state index is -0.888. The number of aliphatic carboxylic acids is 1. The van der Waals surface area contributed by atoms with Crippen molar-refractivity contribution in [2.24, 2.45) is 5.73 Å². The van der Waals surface area contributed by atoms with Crippen LogP contribution in [0.5, 0.6) is 0 Å². The molecule has 0 bridgehead atoms. The van der Waals surface area contributed by atoms with Gasteiger partial charge in [-0.05, 0) is 43.0 Å². The van der Waals surface area contributed by atoms with E-state index in [1.807, 2.05) is 6.92 Å². The predicted octanol–water partition coefficient (Wildman–Crippen LogP) is 2.31. The Morgan fingerprint density at radius 3 is 2.62 bits per heavy atom. The molecular weight excluding hydrogens is 209 g/mol. The fourth-order valence-corrected chi connectivity index (χ4v) is 1.68. The van der Waals surface area contributed by atoms with Gasteiger partial charge in [-0.1, -0.05) is 6.07 Å². The van der Waals surface area contributed by atoms with Crippen LogP contribution in [0.1, 0.15) is 35.6 Å². The molecule has 0 spiro atoms. The number of aryl methyl sites for hydroxylation is 2. The Kier molecular flexibility index (Phi) is 4.01. The summed E-state index contributed by atoms with van der Waals surface area (Å²) in [7, 11) is 0. The van der Waals surface area contributed by atoms with Crippen molar-refractivity contribution in [3.63, 3.8) is 0 Å². The quantitative estimate of drug-likeness (QED) is 0.826. The third kappa shape index (κ3) is 3.03. The van der Waals surface area contributed by atoms with E-state index in [0.29, 0.717) is 17.5 Å². The van der Waals surface area contributed by atoms with Gasteiger partial charge in [0.2, 0.25) is 0 Å². The second kappa shape index (κ2) is 5.07. The Balaban J connectivity index is 2.86. The van der Waals surface area contributed by atoms with E-state index in [-0.39, 0.29) is 12.2 Å². The van der Waals surface area contributed by atoms with Gasteiger partial charge in [-0.3, -0.25) is 4.79 Å². The standard InChI is InChI=1S/C12H16FNO2/c1-7-5-8(2)10(13)6-9(7)11(14)3-4-12(15)16/h5-6,11H,3-4,14H2,1-2H3,(H,15,16). The van der Waals surface area contributed by atoms with E-state index in [4.69, 9.17) is 10.8 Å². The molecule has 3 nitrogen and oxygen atoms in total. The molecule has 1 rings (SSSR count). The Morgan fingerprint density at radius 1 is 1.44 bits per heavy atom. The van der Waals surface area contributed by atoms with Gasteiger partial charge in [-0.25, -0.2) is 4.39 Å². The zero-order valence-electron chi connectivity index (χ0n) is 9.46. The molecule has 0 radical (unpaired) electrons. The lowest BCUT2D eigenvalue weighted by molar-refractivity contribution is -0.137. The highest BCUT2D eigenvalue weighted by molar-refractivity contribution is 5.66. The fourth-order valence-electron chi connectivity index (χ4n) is 1.68. The lowest BCUT2D eigenvalue weighted by atomic mass is 9.96. The van der Waals surface area contributed by atoms with Crippen molar-refractivity contribution in [3.8, 4) is 0 Å². The molecular formula is C12H16FNO2. The monoisotopic (exact) mass is 225 g/mol. The molecule has 0 aliphatic carbocycles. The maximum atomic E-state index is 13.3. The number of hydrogen-bond acceptors (Lipinski definition) is 2. The lowest BCUT2D eigenvalue weighted by Gasteiger charge is -2.14. The molecule has 0 amide bonds. The highest BCUT2D eigenvalue weighted by Gasteiger charge is 2.13. The molecule has 0 saturated carbocycles. The molecule has 0 saturated heterocycles. The second-order valence-electron chi connectivity index (χ2n) is 4.00. The molecule has 16 heavy (non-hydrogen) atoms. The number of rotatable bonds is 4. The number of carbonyl (C=O) groups is 1. The van der Waals surface area contributed by atoms with Gasteiger partial charge in [0, 0.05) is 12.5 Å². The van der Waals surface area contributed by atoms with E-state index in [1.54, 1.807) is 13.0 Å². The molecule has 0 aliphatic heterocycles. The average Bonchev–Trinajstić information content (AvgIpc) is 2.20. The fraction of sp³-hybridized carbons (Fsp3) is 0.417. The maximum Gasteiger partial charge on any atom is 0.303 e. The number of halogens is 1. The van der Waals surface area contributed by atoms with Gasteiger partial charge in [0.05, 0.1) is 0 Å². The van der Waals surface area contributed by atoms with Crippen LogP contribution in [0.2, 0.25) is 0 Å². The number of carboxylic acid groups (broad SMARTS) is 1. The van der Waals surface area contributed by atoms with Gasteiger partial charge < -0.3 is 10.8 Å². The molecule has 1 unspecified atom stereocenters. The molecule has 4 heteroatoms. The highest BCUT2D eigenvalue weighted by Crippen LogP contribution is 2.22. The third-order valence-electron chi connectivity index (χ3n) is 2.62. The number of hydrogen-bond donors (Lipinski definition) is 2. The maximum absolute atomic E-state index is 13.3. The molecule has 1 aromatic carbocycles. The Hall–Kier alpha value is -1.42. The van der Waals surface area contributed by atoms with E-state index < -0.39 is 12.0 Å². The molecule has 0 aromatic heterocycles. The summed E-state index contributed by atoms with van der Waals surface area (Å²) in [6.07, 6.45) is 0.314. The van der Waals surface area contributed by atoms with Crippen molar-refractivity contribution in [2.75, 3.05) is 0 Å². The minimum absolute atomic E-state index is 0.00387. The Labute approximate surface area is 94.1 Å². The first-order valence-corrected chi connectivity index (χ1v) is 5.16. The molecule has 1 aromatic rings. The van der Waals surface area contributed by atoms with Gasteiger partial charge in [-0.2, -0.15) is 0 Å². The van der Waals surface area contributed by atoms with E-state index in [1.165, 1.54) is 6.07 Å². The third-order valence-corrected chi connectivity index (χ3v) is 2.62. The molecule has 1 atom stereocenters. The van der Waals surface area contributed by atoms with Crippen LogP contribution in [0.4, 0.5) is 4.39 Å². The number of carboxylic acids is 1. The van der Waals surface area contributed by atoms with Crippen molar-refractivity contribution in [2.45, 2.75) is 32.7 Å². The van der Waals surface area contributed by atoms with Crippen molar-refractivity contribution in [1.82, 2.24) is 0 Å². The van der Waals surface area contributed by atoms with Gasteiger partial charge in [0.15, 0.2) is 0 Å². The summed E-state index contributed by atoms with van der Waals surface area (Å²) in [4.78, 5) is 10.4. The van der Waals surface area contributed by atoms with Crippen LogP contribution in [0.3, 0.4) is 0 Å². The van der Waals surface area contributed by atoms with E-state index in [9.17, 15) is 9.18 Å². The van der Waals surface area contributed by atoms with E-state index in [0.717, 1.165) is 5.56 Å². The van der Waals surface area contributed by atoms with Gasteiger partial charge >= 0.3 is 5.97 Å². The van der Waals surface area contributed by atoms with Crippen molar-refractivity contribution >= 4 is 5.97 Å². The van der Waals surface area contributed by atoms with E-state index in [2.05, 4.69) is 0 Å². The number of nitrogens with two attached hydrogens (primary N) is 1. The highest BCUT2D eigenvalue weighted by atomic mass is 19.1. The van der Waals surface area contributed by atoms with Crippen molar-refractivity contribution in [1.29, 1.82) is 0 Å². The predicted molar refractivity (Wildman–Crippen MR) is 59.7 cm³/mol. The van der Waals surface area contributed by atoms with Crippen LogP contribution in [0.25, 0.3) is 0 Å². The first kappa shape index (κ1) is 12.6. The van der Waals surface area contributed by atoms with Gasteiger partial charge in [0.1, 0.15) is 5.82 Å². The normalized spacial score (nSPS) is 12.5. The van der Waals surface area contributed by atoms with Crippen molar-refractivity contribution in [3.05, 3.63) is 34.6 Å². The largest absolute Gasteiger partial charge is 0.481 e. The molecule has 0 fully saturated rings. The van der Waals surface area contributed by atoms with Crippen LogP contribution in [0, 0.1) is 19.7 Å². The van der Waals surface area contributed by atoms with Crippen molar-refractivity contribution < 1.29 is 14.3 Å². The summed E-state index contributed by atoms with van der Waals surface area (Å²) < 4.78 is 13.3. The van der Waals surface area contributed by atoms with Gasteiger partial charge in [-0.15, -0.1) is 0 Å². The first-order valence-electron chi connectivity index (χ1n) is 5.16. The van der Waals surface area contributed by atoms with Crippen LogP contribution >= 0.6 is 0 Å². The lowest BCUT2D eigenvalue weighted by Crippen LogP contribution is -2.14. The van der Waals surface area contributed by atoms with Gasteiger partial charge in [0.25, 0.3) is 0 Å². The summed E-state index contributed by atoms with van der Waals surface area (Å²) in [5, 5.41) is 8.55. The number of benzene rings is 1. The smallest absolute Gasteiger partial charge is 0.303 e. The van der Waals surface area contributed by atoms with Crippen LogP contribution in [-0.2, 0) is 4.79 Å². The average molecular weight is 225 g/mol. The SMILES string of the molecule is Cc1cc(C)c(C(N)CCC(=O)O)cc1F. The Bertz CT molecular complexity index is 404. The van der Waals surface area contributed by atoms with E-state index >= 15 is 0 Å². The molecule has 88 valence electrons. The zero-order chi connectivity index (χ0) is 12.3. The summed E-state index contributed by atoms with van der Waals surface area (Å²) in [5.41, 5.74) is 7.99. The molecule has 3 N–H and O–H groups in total.